The standard InChI is InChI=1S/C10H20O2/c1-9(2)7-8(5-6-11)10(3,4)12-9/h8,11H,5-7H2,1-4H3. The highest BCUT2D eigenvalue weighted by Gasteiger charge is 2.44. The summed E-state index contributed by atoms with van der Waals surface area (Å²) in [6.07, 6.45) is 1.91. The van der Waals surface area contributed by atoms with Crippen LogP contribution < -0.4 is 0 Å². The maximum Gasteiger partial charge on any atom is 0.0663 e. The smallest absolute Gasteiger partial charge is 0.0663 e. The largest absolute Gasteiger partial charge is 0.396 e. The van der Waals surface area contributed by atoms with E-state index in [2.05, 4.69) is 27.7 Å². The molecule has 1 atom stereocenters. The first-order chi connectivity index (χ1) is 5.37. The Labute approximate surface area is 74.9 Å². The predicted molar refractivity (Wildman–Crippen MR) is 49.1 cm³/mol. The molecule has 0 amide bonds. The van der Waals surface area contributed by atoms with Crippen molar-refractivity contribution >= 4 is 0 Å². The van der Waals surface area contributed by atoms with Gasteiger partial charge in [-0.25, -0.2) is 0 Å². The van der Waals surface area contributed by atoms with Crippen molar-refractivity contribution in [2.45, 2.75) is 51.7 Å². The zero-order valence-electron chi connectivity index (χ0n) is 8.55. The van der Waals surface area contributed by atoms with Crippen LogP contribution in [0.5, 0.6) is 0 Å². The van der Waals surface area contributed by atoms with Gasteiger partial charge in [0.1, 0.15) is 0 Å². The van der Waals surface area contributed by atoms with E-state index in [9.17, 15) is 0 Å². The van der Waals surface area contributed by atoms with Gasteiger partial charge in [-0.2, -0.15) is 0 Å². The summed E-state index contributed by atoms with van der Waals surface area (Å²) in [5, 5.41) is 8.87. The van der Waals surface area contributed by atoms with Crippen LogP contribution in [0.15, 0.2) is 0 Å². The highest BCUT2D eigenvalue weighted by molar-refractivity contribution is 4.93. The number of hydrogen-bond acceptors (Lipinski definition) is 2. The third-order valence-electron chi connectivity index (χ3n) is 2.74. The van der Waals surface area contributed by atoms with Gasteiger partial charge in [-0.3, -0.25) is 0 Å². The normalized spacial score (nSPS) is 32.2. The second-order valence-electron chi connectivity index (χ2n) is 4.88. The van der Waals surface area contributed by atoms with Crippen molar-refractivity contribution in [3.05, 3.63) is 0 Å². The molecule has 72 valence electrons. The van der Waals surface area contributed by atoms with E-state index in [0.717, 1.165) is 12.8 Å². The molecule has 1 rings (SSSR count). The minimum atomic E-state index is -0.0633. The van der Waals surface area contributed by atoms with E-state index in [1.165, 1.54) is 0 Å². The zero-order valence-corrected chi connectivity index (χ0v) is 8.55. The van der Waals surface area contributed by atoms with Crippen LogP contribution in [0.3, 0.4) is 0 Å². The molecule has 0 aromatic rings. The Hall–Kier alpha value is -0.0800. The first-order valence-electron chi connectivity index (χ1n) is 4.68. The van der Waals surface area contributed by atoms with Crippen molar-refractivity contribution in [1.82, 2.24) is 0 Å². The maximum atomic E-state index is 8.87. The van der Waals surface area contributed by atoms with Crippen molar-refractivity contribution in [2.24, 2.45) is 5.92 Å². The molecule has 2 nitrogen and oxygen atoms in total. The third-order valence-corrected chi connectivity index (χ3v) is 2.74. The molecule has 1 aliphatic heterocycles. The Kier molecular flexibility index (Phi) is 2.50. The lowest BCUT2D eigenvalue weighted by atomic mass is 9.85. The van der Waals surface area contributed by atoms with Crippen LogP contribution in [0.2, 0.25) is 0 Å². The van der Waals surface area contributed by atoms with E-state index in [4.69, 9.17) is 9.84 Å². The van der Waals surface area contributed by atoms with Gasteiger partial charge in [-0.1, -0.05) is 0 Å². The first-order valence-corrected chi connectivity index (χ1v) is 4.68. The van der Waals surface area contributed by atoms with E-state index in [-0.39, 0.29) is 17.8 Å². The Balaban J connectivity index is 2.64. The molecule has 1 saturated heterocycles. The van der Waals surface area contributed by atoms with Crippen LogP contribution in [0.1, 0.15) is 40.5 Å². The molecule has 0 spiro atoms. The van der Waals surface area contributed by atoms with E-state index in [1.807, 2.05) is 0 Å². The molecular weight excluding hydrogens is 152 g/mol. The molecule has 1 heterocycles. The summed E-state index contributed by atoms with van der Waals surface area (Å²) in [6.45, 7) is 8.73. The monoisotopic (exact) mass is 172 g/mol. The average molecular weight is 172 g/mol. The SMILES string of the molecule is CC1(C)CC(CCO)C(C)(C)O1. The number of aliphatic hydroxyl groups is 1. The van der Waals surface area contributed by atoms with Gasteiger partial charge in [-0.15, -0.1) is 0 Å². The molecule has 0 aromatic carbocycles. The van der Waals surface area contributed by atoms with Gasteiger partial charge >= 0.3 is 0 Å². The molecule has 2 heteroatoms. The molecule has 1 aliphatic rings. The minimum Gasteiger partial charge on any atom is -0.396 e. The Morgan fingerprint density at radius 2 is 1.92 bits per heavy atom. The fourth-order valence-electron chi connectivity index (χ4n) is 2.28. The molecule has 0 radical (unpaired) electrons. The molecule has 0 bridgehead atoms. The number of hydrogen-bond donors (Lipinski definition) is 1. The maximum absolute atomic E-state index is 8.87. The van der Waals surface area contributed by atoms with Crippen LogP contribution in [0.25, 0.3) is 0 Å². The molecule has 1 fully saturated rings. The van der Waals surface area contributed by atoms with Gasteiger partial charge in [-0.05, 0) is 46.5 Å². The second kappa shape index (κ2) is 3.00. The van der Waals surface area contributed by atoms with Crippen LogP contribution in [0, 0.1) is 5.92 Å². The quantitative estimate of drug-likeness (QED) is 0.690. The lowest BCUT2D eigenvalue weighted by Crippen LogP contribution is -2.29. The van der Waals surface area contributed by atoms with Gasteiger partial charge < -0.3 is 9.84 Å². The van der Waals surface area contributed by atoms with Crippen molar-refractivity contribution in [3.8, 4) is 0 Å². The van der Waals surface area contributed by atoms with Gasteiger partial charge in [0.2, 0.25) is 0 Å². The summed E-state index contributed by atoms with van der Waals surface area (Å²) < 4.78 is 5.89. The van der Waals surface area contributed by atoms with Crippen LogP contribution in [-0.4, -0.2) is 22.9 Å². The molecule has 12 heavy (non-hydrogen) atoms. The number of aliphatic hydroxyl groups excluding tert-OH is 1. The van der Waals surface area contributed by atoms with Crippen molar-refractivity contribution < 1.29 is 9.84 Å². The molecule has 1 N–H and O–H groups in total. The average Bonchev–Trinajstić information content (AvgIpc) is 2.01. The summed E-state index contributed by atoms with van der Waals surface area (Å²) in [6, 6.07) is 0. The van der Waals surface area contributed by atoms with E-state index in [1.54, 1.807) is 0 Å². The third kappa shape index (κ3) is 1.99. The fraction of sp³-hybridized carbons (Fsp3) is 1.00. The van der Waals surface area contributed by atoms with E-state index >= 15 is 0 Å². The van der Waals surface area contributed by atoms with Crippen molar-refractivity contribution in [3.63, 3.8) is 0 Å². The highest BCUT2D eigenvalue weighted by atomic mass is 16.5. The zero-order chi connectivity index (χ0) is 9.41. The molecule has 1 unspecified atom stereocenters. The molecular formula is C10H20O2. The highest BCUT2D eigenvalue weighted by Crippen LogP contribution is 2.43. The van der Waals surface area contributed by atoms with Crippen LogP contribution in [0.4, 0.5) is 0 Å². The minimum absolute atomic E-state index is 0.0106. The molecule has 0 aliphatic carbocycles. The Morgan fingerprint density at radius 1 is 1.33 bits per heavy atom. The predicted octanol–water partition coefficient (Wildman–Crippen LogP) is 1.96. The summed E-state index contributed by atoms with van der Waals surface area (Å²) in [7, 11) is 0. The summed E-state index contributed by atoms with van der Waals surface area (Å²) in [5.41, 5.74) is -0.0738. The lowest BCUT2D eigenvalue weighted by molar-refractivity contribution is -0.0761. The second-order valence-corrected chi connectivity index (χ2v) is 4.88. The first kappa shape index (κ1) is 10.0. The van der Waals surface area contributed by atoms with Crippen molar-refractivity contribution in [2.75, 3.05) is 6.61 Å². The lowest BCUT2D eigenvalue weighted by Gasteiger charge is -2.26. The van der Waals surface area contributed by atoms with Crippen molar-refractivity contribution in [1.29, 1.82) is 0 Å². The molecule has 0 saturated carbocycles. The summed E-state index contributed by atoms with van der Waals surface area (Å²) in [5.74, 6) is 0.498. The number of ether oxygens (including phenoxy) is 1. The van der Waals surface area contributed by atoms with Gasteiger partial charge in [0.05, 0.1) is 11.2 Å². The Morgan fingerprint density at radius 3 is 2.25 bits per heavy atom. The van der Waals surface area contributed by atoms with Crippen LogP contribution in [-0.2, 0) is 4.74 Å². The summed E-state index contributed by atoms with van der Waals surface area (Å²) >= 11 is 0. The molecule has 0 aromatic heterocycles. The fourth-order valence-corrected chi connectivity index (χ4v) is 2.28. The van der Waals surface area contributed by atoms with Gasteiger partial charge in [0.25, 0.3) is 0 Å². The number of rotatable bonds is 2. The topological polar surface area (TPSA) is 29.5 Å². The van der Waals surface area contributed by atoms with Crippen LogP contribution >= 0.6 is 0 Å². The van der Waals surface area contributed by atoms with Gasteiger partial charge in [0, 0.05) is 6.61 Å². The Bertz CT molecular complexity index is 161. The summed E-state index contributed by atoms with van der Waals surface area (Å²) in [4.78, 5) is 0. The van der Waals surface area contributed by atoms with E-state index < -0.39 is 0 Å². The van der Waals surface area contributed by atoms with E-state index in [0.29, 0.717) is 5.92 Å². The van der Waals surface area contributed by atoms with Gasteiger partial charge in [0.15, 0.2) is 0 Å².